The summed E-state index contributed by atoms with van der Waals surface area (Å²) in [5.74, 6) is -160. The third-order valence-electron chi connectivity index (χ3n) is 9.38. The normalized spacial score (nSPS) is 16.9. The van der Waals surface area contributed by atoms with Crippen molar-refractivity contribution in [2.24, 2.45) is 0 Å². The van der Waals surface area contributed by atoms with E-state index < -0.39 is 170 Å². The summed E-state index contributed by atoms with van der Waals surface area (Å²) in [6.07, 6.45) is -32.2. The number of halogens is 42. The maximum atomic E-state index is 14.0. The minimum Gasteiger partial charge on any atom is -0.200 e. The first-order chi connectivity index (χ1) is 29.7. The highest BCUT2D eigenvalue weighted by Crippen LogP contribution is 2.69. The van der Waals surface area contributed by atoms with Crippen LogP contribution in [-0.2, 0) is 0 Å². The van der Waals surface area contributed by atoms with Gasteiger partial charge in [-0.25, -0.2) is 0 Å². The Morgan fingerprint density at radius 2 is 0.243 bits per heavy atom. The highest BCUT2D eigenvalue weighted by Gasteiger charge is 3.00. The lowest BCUT2D eigenvalue weighted by Crippen LogP contribution is -2.76. The molecular weight excluding hydrogens is 1130 g/mol. The molecule has 0 nitrogen and oxygen atoms in total. The Kier molecular flexibility index (Phi) is 17.1. The smallest absolute Gasteiger partial charge is 0.200 e. The van der Waals surface area contributed by atoms with Crippen LogP contribution in [0, 0.1) is 0 Å². The Labute approximate surface area is 356 Å². The van der Waals surface area contributed by atoms with E-state index in [4.69, 9.17) is 0 Å². The zero-order chi connectivity index (χ0) is 57.7. The minimum atomic E-state index is -9.48. The molecule has 0 aliphatic rings. The van der Waals surface area contributed by atoms with E-state index in [0.717, 1.165) is 0 Å². The topological polar surface area (TPSA) is 0 Å². The highest BCUT2D eigenvalue weighted by molar-refractivity contribution is 5.19. The van der Waals surface area contributed by atoms with Crippen LogP contribution < -0.4 is 0 Å². The van der Waals surface area contributed by atoms with E-state index in [9.17, 15) is 184 Å². The van der Waals surface area contributed by atoms with Gasteiger partial charge in [0, 0.05) is 12.8 Å². The average Bonchev–Trinajstić information content (AvgIpc) is 3.13. The van der Waals surface area contributed by atoms with Crippen molar-refractivity contribution in [1.82, 2.24) is 0 Å². The SMILES string of the molecule is FC(F)(F)C(F)(F)C(F)(F)C(F)(F)C(F)(F)C(F)(F)C(F)(F)C(F)(F)C(F)(F)C(F)(F)CCCCCCCCC(F)(F)C(F)(F)C(F)(F)C(F)(F)C(F)(F)C(F)(F)C(F)(F)C(F)(F)C(F)(F)C(F)(F)F. The second kappa shape index (κ2) is 17.9. The van der Waals surface area contributed by atoms with Gasteiger partial charge in [0.25, 0.3) is 0 Å². The van der Waals surface area contributed by atoms with Gasteiger partial charge in [-0.1, -0.05) is 25.7 Å². The molecule has 0 N–H and O–H groups in total. The van der Waals surface area contributed by atoms with Gasteiger partial charge in [-0.15, -0.1) is 0 Å². The van der Waals surface area contributed by atoms with Crippen LogP contribution in [-0.4, -0.2) is 119 Å². The van der Waals surface area contributed by atoms with Gasteiger partial charge in [-0.3, -0.25) is 0 Å². The van der Waals surface area contributed by atoms with E-state index in [1.54, 1.807) is 0 Å². The lowest BCUT2D eigenvalue weighted by atomic mass is 9.85. The molecule has 0 aliphatic carbocycles. The molecule has 0 aromatic carbocycles. The molecule has 0 atom stereocenters. The van der Waals surface area contributed by atoms with Crippen molar-refractivity contribution in [3.05, 3.63) is 0 Å². The standard InChI is InChI=1S/C28H16F42/c29-9(30,11(33,34)13(37,38)15(41,42)17(45,46)19(49,50)21(53,54)23(57,58)25(61,62)27(65,66)67)7-5-3-1-2-4-6-8-10(31,32)12(35,36)14(39,40)16(43,44)18(47,48)20(51,52)22(55,56)24(59,60)26(63,64)28(68,69)70/h1-8H2. The van der Waals surface area contributed by atoms with Crippen molar-refractivity contribution in [1.29, 1.82) is 0 Å². The quantitative estimate of drug-likeness (QED) is 0.0631. The molecule has 0 aliphatic heterocycles. The predicted octanol–water partition coefficient (Wildman–Crippen LogP) is 16.7. The van der Waals surface area contributed by atoms with E-state index in [-0.39, 0.29) is 0 Å². The van der Waals surface area contributed by atoms with Crippen molar-refractivity contribution in [2.45, 2.75) is 170 Å². The monoisotopic (exact) mass is 1150 g/mol. The molecule has 0 rings (SSSR count). The Hall–Kier alpha value is -2.94. The molecule has 422 valence electrons. The summed E-state index contributed by atoms with van der Waals surface area (Å²) in [5.41, 5.74) is 0. The zero-order valence-electron chi connectivity index (χ0n) is 31.5. The molecule has 0 spiro atoms. The first kappa shape index (κ1) is 67.1. The number of alkyl halides is 42. The lowest BCUT2D eigenvalue weighted by molar-refractivity contribution is -0.474. The van der Waals surface area contributed by atoms with Gasteiger partial charge in [0.1, 0.15) is 0 Å². The van der Waals surface area contributed by atoms with Crippen LogP contribution in [0.3, 0.4) is 0 Å². The zero-order valence-corrected chi connectivity index (χ0v) is 31.5. The van der Waals surface area contributed by atoms with E-state index >= 15 is 0 Å². The van der Waals surface area contributed by atoms with Crippen LogP contribution >= 0.6 is 0 Å². The predicted molar refractivity (Wildman–Crippen MR) is 138 cm³/mol. The second-order valence-electron chi connectivity index (χ2n) is 14.2. The highest BCUT2D eigenvalue weighted by atomic mass is 19.5. The molecule has 0 bridgehead atoms. The van der Waals surface area contributed by atoms with Crippen molar-refractivity contribution >= 4 is 0 Å². The van der Waals surface area contributed by atoms with E-state index in [1.165, 1.54) is 0 Å². The Morgan fingerprint density at radius 3 is 0.386 bits per heavy atom. The van der Waals surface area contributed by atoms with E-state index in [1.807, 2.05) is 0 Å². The number of rotatable bonds is 25. The molecule has 0 fully saturated rings. The molecule has 0 heterocycles. The fourth-order valence-corrected chi connectivity index (χ4v) is 4.90. The molecular formula is C28H16F42. The molecule has 42 heteroatoms. The molecule has 0 unspecified atom stereocenters. The van der Waals surface area contributed by atoms with Crippen molar-refractivity contribution < 1.29 is 184 Å². The third kappa shape index (κ3) is 9.02. The maximum Gasteiger partial charge on any atom is 0.460 e. The van der Waals surface area contributed by atoms with Gasteiger partial charge >= 0.3 is 119 Å². The molecule has 0 radical (unpaired) electrons. The second-order valence-corrected chi connectivity index (χ2v) is 14.2. The minimum absolute atomic E-state index is 1.21. The van der Waals surface area contributed by atoms with Crippen LogP contribution in [0.4, 0.5) is 184 Å². The van der Waals surface area contributed by atoms with Crippen molar-refractivity contribution in [3.63, 3.8) is 0 Å². The van der Waals surface area contributed by atoms with Crippen molar-refractivity contribution in [2.75, 3.05) is 0 Å². The van der Waals surface area contributed by atoms with Gasteiger partial charge in [0.2, 0.25) is 0 Å². The third-order valence-corrected chi connectivity index (χ3v) is 9.38. The summed E-state index contributed by atoms with van der Waals surface area (Å²) in [7, 11) is 0. The summed E-state index contributed by atoms with van der Waals surface area (Å²) in [4.78, 5) is 0. The molecule has 0 amide bonds. The van der Waals surface area contributed by atoms with E-state index in [0.29, 0.717) is 0 Å². The fourth-order valence-electron chi connectivity index (χ4n) is 4.90. The molecule has 0 aromatic rings. The Bertz CT molecular complexity index is 1640. The molecule has 0 saturated carbocycles. The summed E-state index contributed by atoms with van der Waals surface area (Å²) in [6.45, 7) is 0. The summed E-state index contributed by atoms with van der Waals surface area (Å²) in [5, 5.41) is 0. The summed E-state index contributed by atoms with van der Waals surface area (Å²) in [6, 6.07) is 0. The number of hydrogen-bond donors (Lipinski definition) is 0. The largest absolute Gasteiger partial charge is 0.460 e. The number of hydrogen-bond acceptors (Lipinski definition) is 0. The first-order valence-electron chi connectivity index (χ1n) is 16.6. The van der Waals surface area contributed by atoms with E-state index in [2.05, 4.69) is 0 Å². The van der Waals surface area contributed by atoms with Gasteiger partial charge < -0.3 is 0 Å². The summed E-state index contributed by atoms with van der Waals surface area (Å²) >= 11 is 0. The van der Waals surface area contributed by atoms with Gasteiger partial charge in [-0.2, -0.15) is 184 Å². The van der Waals surface area contributed by atoms with Crippen LogP contribution in [0.1, 0.15) is 51.4 Å². The molecule has 70 heavy (non-hydrogen) atoms. The number of unbranched alkanes of at least 4 members (excludes halogenated alkanes) is 5. The average molecular weight is 1150 g/mol. The van der Waals surface area contributed by atoms with Crippen molar-refractivity contribution in [3.8, 4) is 0 Å². The maximum absolute atomic E-state index is 14.0. The van der Waals surface area contributed by atoms with Crippen LogP contribution in [0.25, 0.3) is 0 Å². The molecule has 0 aromatic heterocycles. The van der Waals surface area contributed by atoms with Gasteiger partial charge in [-0.05, 0) is 12.8 Å². The fraction of sp³-hybridized carbons (Fsp3) is 1.00. The first-order valence-corrected chi connectivity index (χ1v) is 16.6. The molecule has 0 saturated heterocycles. The lowest BCUT2D eigenvalue weighted by Gasteiger charge is -2.44. The van der Waals surface area contributed by atoms with Gasteiger partial charge in [0.05, 0.1) is 0 Å². The summed E-state index contributed by atoms with van der Waals surface area (Å²) < 4.78 is 565. The van der Waals surface area contributed by atoms with Crippen LogP contribution in [0.15, 0.2) is 0 Å². The van der Waals surface area contributed by atoms with Crippen LogP contribution in [0.5, 0.6) is 0 Å². The Morgan fingerprint density at radius 1 is 0.129 bits per heavy atom. The van der Waals surface area contributed by atoms with Crippen LogP contribution in [0.2, 0.25) is 0 Å². The van der Waals surface area contributed by atoms with Gasteiger partial charge in [0.15, 0.2) is 0 Å². The Balaban J connectivity index is 6.20.